The Labute approximate surface area is 184 Å². The number of thiophene rings is 1. The summed E-state index contributed by atoms with van der Waals surface area (Å²) in [5.74, 6) is 0.211. The molecule has 7 nitrogen and oxygen atoms in total. The maximum Gasteiger partial charge on any atom is 0.275 e. The van der Waals surface area contributed by atoms with Crippen molar-refractivity contribution in [2.75, 3.05) is 17.8 Å². The number of hydrogen-bond acceptors (Lipinski definition) is 5. The van der Waals surface area contributed by atoms with Crippen molar-refractivity contribution >= 4 is 33.0 Å². The van der Waals surface area contributed by atoms with Crippen molar-refractivity contribution in [2.45, 2.75) is 23.1 Å². The standard InChI is InChI=1S/C22H21N3O4S2/c26-21(16-5-2-1-3-6-16)24-12-15-11-17(14-24)19-9-8-18(22(27)25(19)13-15)23-31(28,29)20-7-4-10-30-20/h1-10,15,17,23H,11-14H2/t15-,17+/m0/s1. The number of nitrogens with zero attached hydrogens (tertiary/aromatic N) is 2. The van der Waals surface area contributed by atoms with Gasteiger partial charge in [0.15, 0.2) is 0 Å². The normalized spacial score (nSPS) is 20.2. The summed E-state index contributed by atoms with van der Waals surface area (Å²) in [5.41, 5.74) is 1.23. The number of rotatable bonds is 4. The van der Waals surface area contributed by atoms with E-state index in [4.69, 9.17) is 0 Å². The van der Waals surface area contributed by atoms with Crippen LogP contribution < -0.4 is 10.3 Å². The first kappa shape index (κ1) is 20.0. The molecule has 1 fully saturated rings. The van der Waals surface area contributed by atoms with E-state index < -0.39 is 10.0 Å². The number of amides is 1. The first-order valence-corrected chi connectivity index (χ1v) is 12.4. The van der Waals surface area contributed by atoms with Crippen LogP contribution in [0.2, 0.25) is 0 Å². The number of pyridine rings is 1. The van der Waals surface area contributed by atoms with Crippen LogP contribution in [0.1, 0.15) is 28.4 Å². The average molecular weight is 456 g/mol. The molecule has 0 unspecified atom stereocenters. The van der Waals surface area contributed by atoms with Crippen LogP contribution in [-0.4, -0.2) is 36.9 Å². The SMILES string of the molecule is O=C(c1ccccc1)N1C[C@@H]2C[C@H](C1)c1ccc(NS(=O)(=O)c3cccs3)c(=O)n1C2. The molecule has 0 aliphatic carbocycles. The zero-order chi connectivity index (χ0) is 21.6. The Hall–Kier alpha value is -2.91. The Morgan fingerprint density at radius 3 is 2.55 bits per heavy atom. The molecule has 1 N–H and O–H groups in total. The van der Waals surface area contributed by atoms with Crippen molar-refractivity contribution in [1.29, 1.82) is 0 Å². The quantitative estimate of drug-likeness (QED) is 0.655. The molecule has 9 heteroatoms. The first-order chi connectivity index (χ1) is 14.9. The lowest BCUT2D eigenvalue weighted by atomic mass is 9.83. The molecular weight excluding hydrogens is 434 g/mol. The topological polar surface area (TPSA) is 88.5 Å². The van der Waals surface area contributed by atoms with Crippen molar-refractivity contribution in [1.82, 2.24) is 9.47 Å². The molecule has 160 valence electrons. The van der Waals surface area contributed by atoms with Gasteiger partial charge in [-0.05, 0) is 48.1 Å². The Kier molecular flexibility index (Phi) is 4.94. The largest absolute Gasteiger partial charge is 0.338 e. The van der Waals surface area contributed by atoms with E-state index in [1.54, 1.807) is 16.0 Å². The van der Waals surface area contributed by atoms with E-state index in [0.717, 1.165) is 23.5 Å². The second-order valence-electron chi connectivity index (χ2n) is 8.00. The monoisotopic (exact) mass is 455 g/mol. The van der Waals surface area contributed by atoms with E-state index in [0.29, 0.717) is 25.2 Å². The van der Waals surface area contributed by atoms with Crippen LogP contribution in [0.25, 0.3) is 0 Å². The summed E-state index contributed by atoms with van der Waals surface area (Å²) in [6.45, 7) is 1.60. The zero-order valence-corrected chi connectivity index (χ0v) is 18.2. The molecule has 0 saturated carbocycles. The van der Waals surface area contributed by atoms with Crippen LogP contribution in [0.4, 0.5) is 5.69 Å². The van der Waals surface area contributed by atoms with Crippen molar-refractivity contribution in [3.63, 3.8) is 0 Å². The lowest BCUT2D eigenvalue weighted by Crippen LogP contribution is -2.49. The van der Waals surface area contributed by atoms with Gasteiger partial charge in [0, 0.05) is 36.8 Å². The molecule has 1 saturated heterocycles. The molecule has 31 heavy (non-hydrogen) atoms. The van der Waals surface area contributed by atoms with Gasteiger partial charge in [0.1, 0.15) is 9.90 Å². The van der Waals surface area contributed by atoms with E-state index in [-0.39, 0.29) is 33.2 Å². The van der Waals surface area contributed by atoms with Gasteiger partial charge in [0.25, 0.3) is 21.5 Å². The van der Waals surface area contributed by atoms with E-state index in [9.17, 15) is 18.0 Å². The van der Waals surface area contributed by atoms with Crippen LogP contribution >= 0.6 is 11.3 Å². The molecular formula is C22H21N3O4S2. The third-order valence-corrected chi connectivity index (χ3v) is 8.68. The number of carbonyl (C=O) groups excluding carboxylic acids is 1. The van der Waals surface area contributed by atoms with Crippen molar-refractivity contribution in [2.24, 2.45) is 5.92 Å². The summed E-state index contributed by atoms with van der Waals surface area (Å²) in [5, 5.41) is 1.68. The number of aromatic nitrogens is 1. The smallest absolute Gasteiger partial charge is 0.275 e. The predicted molar refractivity (Wildman–Crippen MR) is 119 cm³/mol. The number of hydrogen-bond donors (Lipinski definition) is 1. The van der Waals surface area contributed by atoms with Gasteiger partial charge in [-0.25, -0.2) is 8.42 Å². The predicted octanol–water partition coefficient (Wildman–Crippen LogP) is 2.97. The summed E-state index contributed by atoms with van der Waals surface area (Å²) in [7, 11) is -3.79. The third-order valence-electron chi connectivity index (χ3n) is 5.92. The Morgan fingerprint density at radius 2 is 1.81 bits per heavy atom. The molecule has 2 aromatic heterocycles. The van der Waals surface area contributed by atoms with Crippen molar-refractivity contribution < 1.29 is 13.2 Å². The van der Waals surface area contributed by atoms with Crippen molar-refractivity contribution in [3.8, 4) is 0 Å². The van der Waals surface area contributed by atoms with E-state index in [2.05, 4.69) is 4.72 Å². The fraction of sp³-hybridized carbons (Fsp3) is 0.273. The second kappa shape index (κ2) is 7.65. The average Bonchev–Trinajstić information content (AvgIpc) is 3.32. The summed E-state index contributed by atoms with van der Waals surface area (Å²) >= 11 is 1.10. The molecule has 0 spiro atoms. The lowest BCUT2D eigenvalue weighted by molar-refractivity contribution is 0.0594. The number of likely N-dealkylation sites (tertiary alicyclic amines) is 1. The van der Waals surface area contributed by atoms with E-state index in [1.165, 1.54) is 12.1 Å². The number of benzene rings is 1. The zero-order valence-electron chi connectivity index (χ0n) is 16.6. The Bertz CT molecular complexity index is 1280. The molecule has 2 atom stereocenters. The minimum atomic E-state index is -3.79. The highest BCUT2D eigenvalue weighted by Gasteiger charge is 2.37. The molecule has 5 rings (SSSR count). The summed E-state index contributed by atoms with van der Waals surface area (Å²) < 4.78 is 29.4. The number of anilines is 1. The third kappa shape index (κ3) is 3.68. The van der Waals surface area contributed by atoms with Gasteiger partial charge in [-0.2, -0.15) is 0 Å². The van der Waals surface area contributed by atoms with Crippen LogP contribution in [0.15, 0.2) is 69.0 Å². The van der Waals surface area contributed by atoms with Crippen LogP contribution in [0.5, 0.6) is 0 Å². The van der Waals surface area contributed by atoms with E-state index >= 15 is 0 Å². The van der Waals surface area contributed by atoms with Gasteiger partial charge >= 0.3 is 0 Å². The molecule has 2 aliphatic rings. The Morgan fingerprint density at radius 1 is 1.00 bits per heavy atom. The number of fused-ring (bicyclic) bond motifs is 4. The molecule has 4 heterocycles. The summed E-state index contributed by atoms with van der Waals surface area (Å²) in [6.07, 6.45) is 0.915. The second-order valence-corrected chi connectivity index (χ2v) is 10.9. The van der Waals surface area contributed by atoms with Gasteiger partial charge in [-0.1, -0.05) is 24.3 Å². The number of nitrogens with one attached hydrogen (secondary N) is 1. The fourth-order valence-corrected chi connectivity index (χ4v) is 6.61. The van der Waals surface area contributed by atoms with E-state index in [1.807, 2.05) is 41.3 Å². The molecule has 2 aliphatic heterocycles. The summed E-state index contributed by atoms with van der Waals surface area (Å²) in [4.78, 5) is 27.9. The first-order valence-electron chi connectivity index (χ1n) is 10.1. The van der Waals surface area contributed by atoms with Gasteiger partial charge in [-0.15, -0.1) is 11.3 Å². The van der Waals surface area contributed by atoms with Crippen LogP contribution in [0.3, 0.4) is 0 Å². The summed E-state index contributed by atoms with van der Waals surface area (Å²) in [6, 6.07) is 15.7. The van der Waals surface area contributed by atoms with Crippen LogP contribution in [0, 0.1) is 5.92 Å². The van der Waals surface area contributed by atoms with Crippen molar-refractivity contribution in [3.05, 3.63) is 81.6 Å². The minimum Gasteiger partial charge on any atom is -0.338 e. The van der Waals surface area contributed by atoms with Gasteiger partial charge in [0.2, 0.25) is 0 Å². The number of carbonyl (C=O) groups is 1. The molecule has 1 amide bonds. The molecule has 1 aromatic carbocycles. The molecule has 3 aromatic rings. The fourth-order valence-electron chi connectivity index (χ4n) is 4.56. The highest BCUT2D eigenvalue weighted by molar-refractivity contribution is 7.94. The highest BCUT2D eigenvalue weighted by atomic mass is 32.2. The van der Waals surface area contributed by atoms with Gasteiger partial charge in [0.05, 0.1) is 0 Å². The lowest BCUT2D eigenvalue weighted by Gasteiger charge is -2.43. The maximum atomic E-state index is 13.1. The van der Waals surface area contributed by atoms with Gasteiger partial charge in [-0.3, -0.25) is 14.3 Å². The minimum absolute atomic E-state index is 0.00595. The van der Waals surface area contributed by atoms with Gasteiger partial charge < -0.3 is 9.47 Å². The van der Waals surface area contributed by atoms with Crippen LogP contribution in [-0.2, 0) is 16.6 Å². The molecule has 0 radical (unpaired) electrons. The number of piperidine rings is 1. The number of sulfonamides is 1. The highest BCUT2D eigenvalue weighted by Crippen LogP contribution is 2.36. The Balaban J connectivity index is 1.42. The maximum absolute atomic E-state index is 13.1. The molecule has 2 bridgehead atoms.